The zero-order chi connectivity index (χ0) is 9.54. The fourth-order valence-electron chi connectivity index (χ4n) is 3.62. The van der Waals surface area contributed by atoms with Crippen LogP contribution in [0.1, 0.15) is 44.9 Å². The average Bonchev–Trinajstić information content (AvgIpc) is 2.75. The SMILES string of the molecule is O[C@@H]1CCC[C@H]1NC1C2CCCCC21. The lowest BCUT2D eigenvalue weighted by Gasteiger charge is -2.16. The Balaban J connectivity index is 1.53. The highest BCUT2D eigenvalue weighted by Crippen LogP contribution is 2.50. The van der Waals surface area contributed by atoms with Crippen LogP contribution in [0.5, 0.6) is 0 Å². The van der Waals surface area contributed by atoms with Crippen molar-refractivity contribution in [1.82, 2.24) is 5.32 Å². The minimum atomic E-state index is -0.0577. The maximum Gasteiger partial charge on any atom is 0.0693 e. The van der Waals surface area contributed by atoms with Crippen molar-refractivity contribution in [3.63, 3.8) is 0 Å². The first-order valence-electron chi connectivity index (χ1n) is 6.30. The van der Waals surface area contributed by atoms with Gasteiger partial charge in [-0.05, 0) is 43.9 Å². The summed E-state index contributed by atoms with van der Waals surface area (Å²) in [5.74, 6) is 1.94. The largest absolute Gasteiger partial charge is 0.392 e. The number of aliphatic hydroxyl groups is 1. The van der Waals surface area contributed by atoms with E-state index < -0.39 is 0 Å². The highest BCUT2D eigenvalue weighted by Gasteiger charge is 2.51. The fourth-order valence-corrected chi connectivity index (χ4v) is 3.62. The summed E-state index contributed by atoms with van der Waals surface area (Å²) in [5, 5.41) is 13.4. The van der Waals surface area contributed by atoms with Crippen LogP contribution >= 0.6 is 0 Å². The Kier molecular flexibility index (Phi) is 2.29. The van der Waals surface area contributed by atoms with Gasteiger partial charge < -0.3 is 10.4 Å². The van der Waals surface area contributed by atoms with Crippen molar-refractivity contribution >= 4 is 0 Å². The van der Waals surface area contributed by atoms with Crippen molar-refractivity contribution in [2.75, 3.05) is 0 Å². The van der Waals surface area contributed by atoms with Gasteiger partial charge in [0, 0.05) is 12.1 Å². The van der Waals surface area contributed by atoms with E-state index in [1.54, 1.807) is 0 Å². The van der Waals surface area contributed by atoms with Gasteiger partial charge in [0.1, 0.15) is 0 Å². The molecule has 2 nitrogen and oxygen atoms in total. The Morgan fingerprint density at radius 2 is 1.57 bits per heavy atom. The molecule has 3 rings (SSSR count). The summed E-state index contributed by atoms with van der Waals surface area (Å²) >= 11 is 0. The van der Waals surface area contributed by atoms with E-state index in [2.05, 4.69) is 5.32 Å². The van der Waals surface area contributed by atoms with Gasteiger partial charge in [0.25, 0.3) is 0 Å². The Bertz CT molecular complexity index is 206. The molecule has 14 heavy (non-hydrogen) atoms. The topological polar surface area (TPSA) is 32.3 Å². The summed E-state index contributed by atoms with van der Waals surface area (Å²) in [6, 6.07) is 1.20. The number of nitrogens with one attached hydrogen (secondary N) is 1. The third-order valence-corrected chi connectivity index (χ3v) is 4.54. The molecule has 4 atom stereocenters. The Morgan fingerprint density at radius 3 is 2.14 bits per heavy atom. The van der Waals surface area contributed by atoms with Crippen molar-refractivity contribution < 1.29 is 5.11 Å². The van der Waals surface area contributed by atoms with Crippen molar-refractivity contribution in [2.45, 2.75) is 63.1 Å². The van der Waals surface area contributed by atoms with E-state index in [4.69, 9.17) is 0 Å². The number of rotatable bonds is 2. The molecule has 2 N–H and O–H groups in total. The van der Waals surface area contributed by atoms with E-state index in [0.717, 1.165) is 24.3 Å². The number of aliphatic hydroxyl groups excluding tert-OH is 1. The van der Waals surface area contributed by atoms with Gasteiger partial charge in [-0.2, -0.15) is 0 Å². The van der Waals surface area contributed by atoms with Crippen molar-refractivity contribution in [3.05, 3.63) is 0 Å². The quantitative estimate of drug-likeness (QED) is 0.702. The third-order valence-electron chi connectivity index (χ3n) is 4.54. The average molecular weight is 195 g/mol. The van der Waals surface area contributed by atoms with Crippen LogP contribution in [0, 0.1) is 11.8 Å². The highest BCUT2D eigenvalue weighted by molar-refractivity contribution is 5.06. The Hall–Kier alpha value is -0.0800. The molecule has 0 heterocycles. The van der Waals surface area contributed by atoms with Crippen LogP contribution in [-0.2, 0) is 0 Å². The molecule has 0 aromatic heterocycles. The van der Waals surface area contributed by atoms with Crippen molar-refractivity contribution in [3.8, 4) is 0 Å². The lowest BCUT2D eigenvalue weighted by Crippen LogP contribution is -2.38. The summed E-state index contributed by atoms with van der Waals surface area (Å²) < 4.78 is 0. The smallest absolute Gasteiger partial charge is 0.0693 e. The summed E-state index contributed by atoms with van der Waals surface area (Å²) in [6.07, 6.45) is 9.10. The zero-order valence-corrected chi connectivity index (χ0v) is 8.78. The van der Waals surface area contributed by atoms with E-state index in [0.29, 0.717) is 6.04 Å². The summed E-state index contributed by atoms with van der Waals surface area (Å²) in [6.45, 7) is 0. The van der Waals surface area contributed by atoms with Crippen LogP contribution in [0.4, 0.5) is 0 Å². The van der Waals surface area contributed by atoms with Gasteiger partial charge in [-0.1, -0.05) is 12.8 Å². The zero-order valence-electron chi connectivity index (χ0n) is 8.78. The molecule has 2 heteroatoms. The summed E-state index contributed by atoms with van der Waals surface area (Å²) in [4.78, 5) is 0. The minimum Gasteiger partial charge on any atom is -0.392 e. The maximum atomic E-state index is 9.74. The summed E-state index contributed by atoms with van der Waals surface area (Å²) in [7, 11) is 0. The lowest BCUT2D eigenvalue weighted by atomic mass is 10.0. The monoisotopic (exact) mass is 195 g/mol. The van der Waals surface area contributed by atoms with Gasteiger partial charge in [0.05, 0.1) is 6.10 Å². The van der Waals surface area contributed by atoms with Crippen LogP contribution in [0.3, 0.4) is 0 Å². The van der Waals surface area contributed by atoms with Crippen molar-refractivity contribution in [2.24, 2.45) is 11.8 Å². The molecule has 80 valence electrons. The lowest BCUT2D eigenvalue weighted by molar-refractivity contribution is 0.147. The van der Waals surface area contributed by atoms with E-state index in [1.807, 2.05) is 0 Å². The molecule has 0 aromatic rings. The maximum absolute atomic E-state index is 9.74. The van der Waals surface area contributed by atoms with Crippen LogP contribution in [0.2, 0.25) is 0 Å². The van der Waals surface area contributed by atoms with E-state index in [1.165, 1.54) is 38.5 Å². The number of hydrogen-bond acceptors (Lipinski definition) is 2. The van der Waals surface area contributed by atoms with Crippen LogP contribution in [-0.4, -0.2) is 23.3 Å². The normalized spacial score (nSPS) is 51.6. The van der Waals surface area contributed by atoms with Crippen LogP contribution in [0.15, 0.2) is 0 Å². The Morgan fingerprint density at radius 1 is 0.857 bits per heavy atom. The molecule has 0 radical (unpaired) electrons. The molecule has 0 spiro atoms. The van der Waals surface area contributed by atoms with Gasteiger partial charge in [-0.25, -0.2) is 0 Å². The van der Waals surface area contributed by atoms with Gasteiger partial charge in [0.15, 0.2) is 0 Å². The molecule has 2 unspecified atom stereocenters. The second kappa shape index (κ2) is 3.49. The molecule has 3 aliphatic rings. The van der Waals surface area contributed by atoms with E-state index >= 15 is 0 Å². The van der Waals surface area contributed by atoms with Gasteiger partial charge in [-0.15, -0.1) is 0 Å². The molecule has 0 aromatic carbocycles. The van der Waals surface area contributed by atoms with Crippen LogP contribution < -0.4 is 5.32 Å². The summed E-state index contributed by atoms with van der Waals surface area (Å²) in [5.41, 5.74) is 0. The van der Waals surface area contributed by atoms with Crippen LogP contribution in [0.25, 0.3) is 0 Å². The molecule has 3 saturated carbocycles. The minimum absolute atomic E-state index is 0.0577. The second-order valence-corrected chi connectivity index (χ2v) is 5.41. The van der Waals surface area contributed by atoms with Crippen molar-refractivity contribution in [1.29, 1.82) is 0 Å². The molecule has 0 aliphatic heterocycles. The second-order valence-electron chi connectivity index (χ2n) is 5.41. The molecular weight excluding hydrogens is 174 g/mol. The van der Waals surface area contributed by atoms with E-state index in [-0.39, 0.29) is 6.10 Å². The predicted molar refractivity (Wildman–Crippen MR) is 56.0 cm³/mol. The van der Waals surface area contributed by atoms with Gasteiger partial charge in [-0.3, -0.25) is 0 Å². The molecular formula is C12H21NO. The third kappa shape index (κ3) is 1.49. The predicted octanol–water partition coefficient (Wildman–Crippen LogP) is 1.68. The molecule has 0 bridgehead atoms. The Labute approximate surface area is 86.1 Å². The first-order chi connectivity index (χ1) is 6.86. The first kappa shape index (κ1) is 9.17. The molecule has 3 fully saturated rings. The van der Waals surface area contributed by atoms with Gasteiger partial charge >= 0.3 is 0 Å². The number of fused-ring (bicyclic) bond motifs is 1. The first-order valence-corrected chi connectivity index (χ1v) is 6.30. The standard InChI is InChI=1S/C12H21NO/c14-11-7-3-6-10(11)13-12-8-4-1-2-5-9(8)12/h8-14H,1-7H2/t8?,9?,10-,11-,12?/m1/s1. The van der Waals surface area contributed by atoms with E-state index in [9.17, 15) is 5.11 Å². The molecule has 0 saturated heterocycles. The number of hydrogen-bond donors (Lipinski definition) is 2. The highest BCUT2D eigenvalue weighted by atomic mass is 16.3. The van der Waals surface area contributed by atoms with Gasteiger partial charge in [0.2, 0.25) is 0 Å². The fraction of sp³-hybridized carbons (Fsp3) is 1.00. The molecule has 0 amide bonds. The molecule has 3 aliphatic carbocycles.